The van der Waals surface area contributed by atoms with Crippen LogP contribution in [-0.4, -0.2) is 38.4 Å². The number of nitro groups is 1. The lowest BCUT2D eigenvalue weighted by atomic mass is 9.96. The number of hydrogen-bond donors (Lipinski definition) is 2. The van der Waals surface area contributed by atoms with Crippen molar-refractivity contribution in [2.24, 2.45) is 11.7 Å². The Hall–Kier alpha value is -2.20. The number of carbonyl (C=O) groups is 1. The van der Waals surface area contributed by atoms with Crippen molar-refractivity contribution >= 4 is 27.3 Å². The molecule has 10 heteroatoms. The van der Waals surface area contributed by atoms with Gasteiger partial charge >= 0.3 is 0 Å². The first-order valence-electron chi connectivity index (χ1n) is 7.97. The third kappa shape index (κ3) is 4.45. The molecule has 1 fully saturated rings. The SMILES string of the molecule is CC(C)NS(=O)(=O)c1ccc(N2CCC(C(N)=O)CC2)c([N+](=O)[O-])c1. The van der Waals surface area contributed by atoms with Crippen molar-refractivity contribution in [2.75, 3.05) is 18.0 Å². The standard InChI is InChI=1S/C15H22N4O5S/c1-10(2)17-25(23,24)12-3-4-13(14(9-12)19(21)22)18-7-5-11(6-8-18)15(16)20/h3-4,9-11,17H,5-8H2,1-2H3,(H2,16,20). The van der Waals surface area contributed by atoms with E-state index in [1.54, 1.807) is 18.7 Å². The number of anilines is 1. The van der Waals surface area contributed by atoms with Crippen LogP contribution in [-0.2, 0) is 14.8 Å². The number of carbonyl (C=O) groups excluding carboxylic acids is 1. The van der Waals surface area contributed by atoms with Crippen molar-refractivity contribution in [2.45, 2.75) is 37.6 Å². The van der Waals surface area contributed by atoms with Gasteiger partial charge in [0.2, 0.25) is 15.9 Å². The highest BCUT2D eigenvalue weighted by molar-refractivity contribution is 7.89. The lowest BCUT2D eigenvalue weighted by Gasteiger charge is -2.32. The fourth-order valence-electron chi connectivity index (χ4n) is 2.87. The van der Waals surface area contributed by atoms with Crippen LogP contribution in [0.4, 0.5) is 11.4 Å². The molecule has 0 aliphatic carbocycles. The number of nitro benzene ring substituents is 1. The van der Waals surface area contributed by atoms with Gasteiger partial charge in [0, 0.05) is 31.1 Å². The molecule has 0 spiro atoms. The molecule has 1 amide bonds. The molecule has 0 saturated carbocycles. The van der Waals surface area contributed by atoms with Crippen LogP contribution in [0.25, 0.3) is 0 Å². The summed E-state index contributed by atoms with van der Waals surface area (Å²) in [6.45, 7) is 4.24. The Morgan fingerprint density at radius 3 is 2.44 bits per heavy atom. The smallest absolute Gasteiger partial charge is 0.293 e. The number of sulfonamides is 1. The Morgan fingerprint density at radius 1 is 1.36 bits per heavy atom. The monoisotopic (exact) mass is 370 g/mol. The number of benzene rings is 1. The predicted molar refractivity (Wildman–Crippen MR) is 92.7 cm³/mol. The van der Waals surface area contributed by atoms with Crippen molar-refractivity contribution < 1.29 is 18.1 Å². The van der Waals surface area contributed by atoms with Crippen LogP contribution in [0.15, 0.2) is 23.1 Å². The summed E-state index contributed by atoms with van der Waals surface area (Å²) in [6, 6.07) is 3.54. The van der Waals surface area contributed by atoms with Gasteiger partial charge in [-0.3, -0.25) is 14.9 Å². The van der Waals surface area contributed by atoms with Crippen molar-refractivity contribution in [1.29, 1.82) is 0 Å². The zero-order valence-corrected chi connectivity index (χ0v) is 15.0. The second-order valence-electron chi connectivity index (χ2n) is 6.35. The molecule has 138 valence electrons. The van der Waals surface area contributed by atoms with Crippen LogP contribution < -0.4 is 15.4 Å². The van der Waals surface area contributed by atoms with Crippen molar-refractivity contribution in [3.63, 3.8) is 0 Å². The normalized spacial score (nSPS) is 16.2. The maximum atomic E-state index is 12.2. The van der Waals surface area contributed by atoms with Crippen LogP contribution >= 0.6 is 0 Å². The van der Waals surface area contributed by atoms with Gasteiger partial charge < -0.3 is 10.6 Å². The third-order valence-electron chi connectivity index (χ3n) is 4.08. The van der Waals surface area contributed by atoms with E-state index in [2.05, 4.69) is 4.72 Å². The summed E-state index contributed by atoms with van der Waals surface area (Å²) in [5, 5.41) is 11.4. The number of piperidine rings is 1. The molecule has 0 aromatic heterocycles. The van der Waals surface area contributed by atoms with Gasteiger partial charge in [0.25, 0.3) is 5.69 Å². The lowest BCUT2D eigenvalue weighted by molar-refractivity contribution is -0.384. The number of hydrogen-bond acceptors (Lipinski definition) is 6. The molecular formula is C15H22N4O5S. The van der Waals surface area contributed by atoms with E-state index in [1.165, 1.54) is 12.1 Å². The molecule has 9 nitrogen and oxygen atoms in total. The van der Waals surface area contributed by atoms with E-state index in [0.29, 0.717) is 31.6 Å². The number of primary amides is 1. The summed E-state index contributed by atoms with van der Waals surface area (Å²) in [7, 11) is -3.82. The summed E-state index contributed by atoms with van der Waals surface area (Å²) in [4.78, 5) is 23.7. The number of nitrogens with two attached hydrogens (primary N) is 1. The van der Waals surface area contributed by atoms with Gasteiger partial charge in [0.05, 0.1) is 9.82 Å². The number of nitrogens with one attached hydrogen (secondary N) is 1. The first kappa shape index (κ1) is 19.1. The number of rotatable bonds is 6. The summed E-state index contributed by atoms with van der Waals surface area (Å²) in [6.07, 6.45) is 1.03. The predicted octanol–water partition coefficient (Wildman–Crippen LogP) is 0.983. The second-order valence-corrected chi connectivity index (χ2v) is 8.06. The minimum absolute atomic E-state index is 0.149. The Balaban J connectivity index is 2.32. The summed E-state index contributed by atoms with van der Waals surface area (Å²) < 4.78 is 26.9. The average molecular weight is 370 g/mol. The molecule has 0 unspecified atom stereocenters. The number of amides is 1. The topological polar surface area (TPSA) is 136 Å². The van der Waals surface area contributed by atoms with Crippen molar-refractivity contribution in [3.05, 3.63) is 28.3 Å². The Morgan fingerprint density at radius 2 is 1.96 bits per heavy atom. The lowest BCUT2D eigenvalue weighted by Crippen LogP contribution is -2.38. The van der Waals surface area contributed by atoms with Crippen LogP contribution in [0.5, 0.6) is 0 Å². The second kappa shape index (κ2) is 7.36. The minimum Gasteiger partial charge on any atom is -0.369 e. The van der Waals surface area contributed by atoms with Crippen molar-refractivity contribution in [1.82, 2.24) is 4.72 Å². The summed E-state index contributed by atoms with van der Waals surface area (Å²) in [5.41, 5.74) is 5.37. The molecule has 0 radical (unpaired) electrons. The minimum atomic E-state index is -3.82. The Bertz CT molecular complexity index is 770. The van der Waals surface area contributed by atoms with Gasteiger partial charge in [-0.15, -0.1) is 0 Å². The molecular weight excluding hydrogens is 348 g/mol. The van der Waals surface area contributed by atoms with Gasteiger partial charge in [-0.05, 0) is 38.8 Å². The molecule has 25 heavy (non-hydrogen) atoms. The first-order chi connectivity index (χ1) is 11.6. The molecule has 2 rings (SSSR count). The Kier molecular flexibility index (Phi) is 5.63. The van der Waals surface area contributed by atoms with Crippen LogP contribution in [0.3, 0.4) is 0 Å². The quantitative estimate of drug-likeness (QED) is 0.566. The van der Waals surface area contributed by atoms with Crippen LogP contribution in [0, 0.1) is 16.0 Å². The first-order valence-corrected chi connectivity index (χ1v) is 9.45. The van der Waals surface area contributed by atoms with Gasteiger partial charge in [0.1, 0.15) is 5.69 Å². The molecule has 1 saturated heterocycles. The third-order valence-corrected chi connectivity index (χ3v) is 5.74. The van der Waals surface area contributed by atoms with E-state index in [4.69, 9.17) is 5.73 Å². The highest BCUT2D eigenvalue weighted by Gasteiger charge is 2.29. The van der Waals surface area contributed by atoms with Crippen LogP contribution in [0.2, 0.25) is 0 Å². The van der Waals surface area contributed by atoms with Gasteiger partial charge in [-0.1, -0.05) is 0 Å². The van der Waals surface area contributed by atoms with E-state index in [1.807, 2.05) is 0 Å². The van der Waals surface area contributed by atoms with E-state index in [-0.39, 0.29) is 28.4 Å². The molecule has 1 aromatic rings. The molecule has 1 heterocycles. The maximum absolute atomic E-state index is 12.2. The highest BCUT2D eigenvalue weighted by Crippen LogP contribution is 2.33. The zero-order valence-electron chi connectivity index (χ0n) is 14.1. The van der Waals surface area contributed by atoms with Gasteiger partial charge in [-0.25, -0.2) is 13.1 Å². The zero-order chi connectivity index (χ0) is 18.8. The molecule has 1 aromatic carbocycles. The van der Waals surface area contributed by atoms with E-state index in [9.17, 15) is 23.3 Å². The molecule has 1 aliphatic heterocycles. The summed E-state index contributed by atoms with van der Waals surface area (Å²) in [5.74, 6) is -0.597. The highest BCUT2D eigenvalue weighted by atomic mass is 32.2. The van der Waals surface area contributed by atoms with Crippen molar-refractivity contribution in [3.8, 4) is 0 Å². The van der Waals surface area contributed by atoms with Gasteiger partial charge in [0.15, 0.2) is 0 Å². The molecule has 0 atom stereocenters. The van der Waals surface area contributed by atoms with E-state index in [0.717, 1.165) is 6.07 Å². The summed E-state index contributed by atoms with van der Waals surface area (Å²) >= 11 is 0. The van der Waals surface area contributed by atoms with E-state index < -0.39 is 14.9 Å². The molecule has 3 N–H and O–H groups in total. The van der Waals surface area contributed by atoms with Gasteiger partial charge in [-0.2, -0.15) is 0 Å². The Labute approximate surface area is 146 Å². The largest absolute Gasteiger partial charge is 0.369 e. The van der Waals surface area contributed by atoms with E-state index >= 15 is 0 Å². The molecule has 0 bridgehead atoms. The maximum Gasteiger partial charge on any atom is 0.293 e. The average Bonchev–Trinajstić information content (AvgIpc) is 2.53. The molecule has 1 aliphatic rings. The fourth-order valence-corrected chi connectivity index (χ4v) is 4.14. The number of nitrogens with zero attached hydrogens (tertiary/aromatic N) is 2. The van der Waals surface area contributed by atoms with Crippen LogP contribution in [0.1, 0.15) is 26.7 Å². The fraction of sp³-hybridized carbons (Fsp3) is 0.533.